The number of methoxy groups -OCH3 is 1. The lowest BCUT2D eigenvalue weighted by molar-refractivity contribution is 0.0785. The quantitative estimate of drug-likeness (QED) is 0.647. The van der Waals surface area contributed by atoms with Crippen LogP contribution in [0.5, 0.6) is 5.75 Å². The first-order valence-electron chi connectivity index (χ1n) is 9.16. The van der Waals surface area contributed by atoms with Gasteiger partial charge in [0, 0.05) is 30.5 Å². The fourth-order valence-electron chi connectivity index (χ4n) is 2.81. The number of nitrogens with one attached hydrogen (secondary N) is 2. The summed E-state index contributed by atoms with van der Waals surface area (Å²) in [6.45, 7) is 0.488. The van der Waals surface area contributed by atoms with Crippen LogP contribution in [0.2, 0.25) is 0 Å². The van der Waals surface area contributed by atoms with Gasteiger partial charge in [0.15, 0.2) is 0 Å². The molecule has 0 atom stereocenters. The molecular weight excluding hydrogens is 366 g/mol. The Balaban J connectivity index is 1.56. The first kappa shape index (κ1) is 19.9. The first-order chi connectivity index (χ1) is 14.0. The van der Waals surface area contributed by atoms with Crippen LogP contribution >= 0.6 is 0 Å². The van der Waals surface area contributed by atoms with Crippen molar-refractivity contribution in [1.82, 2.24) is 4.90 Å². The van der Waals surface area contributed by atoms with Gasteiger partial charge in [0.05, 0.1) is 7.11 Å². The van der Waals surface area contributed by atoms with E-state index in [4.69, 9.17) is 4.74 Å². The van der Waals surface area contributed by atoms with E-state index in [1.807, 2.05) is 42.5 Å². The van der Waals surface area contributed by atoms with Crippen LogP contribution in [-0.2, 0) is 6.54 Å². The number of urea groups is 1. The molecule has 148 valence electrons. The molecule has 0 radical (unpaired) electrons. The lowest BCUT2D eigenvalue weighted by Gasteiger charge is -2.18. The lowest BCUT2D eigenvalue weighted by atomic mass is 10.1. The summed E-state index contributed by atoms with van der Waals surface area (Å²) in [5.41, 5.74) is 2.87. The molecule has 0 heterocycles. The van der Waals surface area contributed by atoms with Crippen LogP contribution in [0.25, 0.3) is 0 Å². The number of benzene rings is 3. The number of rotatable bonds is 6. The van der Waals surface area contributed by atoms with Gasteiger partial charge in [-0.15, -0.1) is 0 Å². The maximum atomic E-state index is 12.6. The Hall–Kier alpha value is -3.80. The summed E-state index contributed by atoms with van der Waals surface area (Å²) in [4.78, 5) is 26.3. The molecule has 0 aliphatic carbocycles. The fraction of sp³-hybridized carbons (Fsp3) is 0.130. The van der Waals surface area contributed by atoms with Crippen molar-refractivity contribution in [3.63, 3.8) is 0 Å². The third kappa shape index (κ3) is 5.59. The Kier molecular flexibility index (Phi) is 6.47. The zero-order valence-corrected chi connectivity index (χ0v) is 16.4. The average Bonchev–Trinajstić information content (AvgIpc) is 2.75. The summed E-state index contributed by atoms with van der Waals surface area (Å²) in [5, 5.41) is 5.50. The SMILES string of the molecule is COc1ccc(CN(C)C(=O)c2ccc(NC(=O)Nc3ccccc3)cc2)cc1. The Labute approximate surface area is 170 Å². The number of anilines is 2. The summed E-state index contributed by atoms with van der Waals surface area (Å²) >= 11 is 0. The van der Waals surface area contributed by atoms with Crippen LogP contribution in [0.15, 0.2) is 78.9 Å². The maximum Gasteiger partial charge on any atom is 0.323 e. The van der Waals surface area contributed by atoms with Crippen LogP contribution in [-0.4, -0.2) is 31.0 Å². The van der Waals surface area contributed by atoms with Crippen LogP contribution in [0.4, 0.5) is 16.2 Å². The second kappa shape index (κ2) is 9.41. The topological polar surface area (TPSA) is 70.7 Å². The molecule has 6 heteroatoms. The Morgan fingerprint density at radius 2 is 1.41 bits per heavy atom. The van der Waals surface area contributed by atoms with E-state index in [1.54, 1.807) is 55.5 Å². The number of amides is 3. The molecule has 0 spiro atoms. The van der Waals surface area contributed by atoms with Crippen LogP contribution in [0.3, 0.4) is 0 Å². The third-order valence-corrected chi connectivity index (χ3v) is 4.35. The molecule has 0 aliphatic heterocycles. The minimum Gasteiger partial charge on any atom is -0.497 e. The molecule has 3 aromatic rings. The predicted octanol–water partition coefficient (Wildman–Crippen LogP) is 4.61. The number of nitrogens with zero attached hydrogens (tertiary/aromatic N) is 1. The normalized spacial score (nSPS) is 10.1. The zero-order chi connectivity index (χ0) is 20.6. The Morgan fingerprint density at radius 1 is 0.828 bits per heavy atom. The maximum absolute atomic E-state index is 12.6. The van der Waals surface area contributed by atoms with Crippen LogP contribution in [0, 0.1) is 0 Å². The van der Waals surface area contributed by atoms with Crippen molar-refractivity contribution in [2.75, 3.05) is 24.8 Å². The molecule has 0 aliphatic rings. The molecule has 0 saturated heterocycles. The monoisotopic (exact) mass is 389 g/mol. The van der Waals surface area contributed by atoms with Crippen LogP contribution in [0.1, 0.15) is 15.9 Å². The summed E-state index contributed by atoms with van der Waals surface area (Å²) in [7, 11) is 3.38. The molecule has 0 unspecified atom stereocenters. The molecule has 0 fully saturated rings. The van der Waals surface area contributed by atoms with Crippen molar-refractivity contribution in [3.8, 4) is 5.75 Å². The fourth-order valence-corrected chi connectivity index (χ4v) is 2.81. The lowest BCUT2D eigenvalue weighted by Crippen LogP contribution is -2.26. The largest absolute Gasteiger partial charge is 0.497 e. The van der Waals surface area contributed by atoms with Gasteiger partial charge < -0.3 is 20.3 Å². The van der Waals surface area contributed by atoms with E-state index in [2.05, 4.69) is 10.6 Å². The highest BCUT2D eigenvalue weighted by Crippen LogP contribution is 2.16. The van der Waals surface area contributed by atoms with Gasteiger partial charge in [0.25, 0.3) is 5.91 Å². The first-order valence-corrected chi connectivity index (χ1v) is 9.16. The number of hydrogen-bond donors (Lipinski definition) is 2. The molecule has 0 bridgehead atoms. The van der Waals surface area contributed by atoms with Crippen molar-refractivity contribution in [2.24, 2.45) is 0 Å². The molecule has 3 amide bonds. The van der Waals surface area contributed by atoms with E-state index in [9.17, 15) is 9.59 Å². The summed E-state index contributed by atoms with van der Waals surface area (Å²) < 4.78 is 5.15. The minimum atomic E-state index is -0.341. The van der Waals surface area contributed by atoms with Gasteiger partial charge >= 0.3 is 6.03 Å². The summed E-state index contributed by atoms with van der Waals surface area (Å²) in [5.74, 6) is 0.684. The van der Waals surface area contributed by atoms with Crippen molar-refractivity contribution < 1.29 is 14.3 Å². The minimum absolute atomic E-state index is 0.0962. The molecule has 3 rings (SSSR count). The number of carbonyl (C=O) groups excluding carboxylic acids is 2. The molecule has 0 aromatic heterocycles. The highest BCUT2D eigenvalue weighted by atomic mass is 16.5. The molecule has 3 aromatic carbocycles. The number of hydrogen-bond acceptors (Lipinski definition) is 3. The second-order valence-corrected chi connectivity index (χ2v) is 6.53. The van der Waals surface area contributed by atoms with E-state index in [-0.39, 0.29) is 11.9 Å². The van der Waals surface area contributed by atoms with E-state index in [1.165, 1.54) is 0 Å². The molecule has 2 N–H and O–H groups in total. The van der Waals surface area contributed by atoms with E-state index in [0.717, 1.165) is 11.3 Å². The second-order valence-electron chi connectivity index (χ2n) is 6.53. The van der Waals surface area contributed by atoms with Crippen molar-refractivity contribution in [3.05, 3.63) is 90.0 Å². The van der Waals surface area contributed by atoms with Gasteiger partial charge in [-0.25, -0.2) is 4.79 Å². The molecule has 6 nitrogen and oxygen atoms in total. The van der Waals surface area contributed by atoms with Crippen molar-refractivity contribution in [1.29, 1.82) is 0 Å². The van der Waals surface area contributed by atoms with E-state index < -0.39 is 0 Å². The van der Waals surface area contributed by atoms with Crippen molar-refractivity contribution in [2.45, 2.75) is 6.54 Å². The summed E-state index contributed by atoms with van der Waals surface area (Å²) in [6.07, 6.45) is 0. The standard InChI is InChI=1S/C23H23N3O3/c1-26(16-17-8-14-21(29-2)15-9-17)22(27)18-10-12-20(13-11-18)25-23(28)24-19-6-4-3-5-7-19/h3-15H,16H2,1-2H3,(H2,24,25,28). The van der Waals surface area contributed by atoms with Gasteiger partial charge in [0.1, 0.15) is 5.75 Å². The van der Waals surface area contributed by atoms with Gasteiger partial charge in [-0.05, 0) is 54.1 Å². The van der Waals surface area contributed by atoms with Gasteiger partial charge in [-0.3, -0.25) is 4.79 Å². The molecule has 0 saturated carbocycles. The Bertz CT molecular complexity index is 955. The number of para-hydroxylation sites is 1. The third-order valence-electron chi connectivity index (χ3n) is 4.35. The molecule has 29 heavy (non-hydrogen) atoms. The van der Waals surface area contributed by atoms with Gasteiger partial charge in [0.2, 0.25) is 0 Å². The predicted molar refractivity (Wildman–Crippen MR) is 114 cm³/mol. The van der Waals surface area contributed by atoms with E-state index in [0.29, 0.717) is 23.5 Å². The van der Waals surface area contributed by atoms with Gasteiger partial charge in [-0.1, -0.05) is 30.3 Å². The molecular formula is C23H23N3O3. The Morgan fingerprint density at radius 3 is 2.00 bits per heavy atom. The summed E-state index contributed by atoms with van der Waals surface area (Å²) in [6, 6.07) is 23.3. The van der Waals surface area contributed by atoms with Crippen LogP contribution < -0.4 is 15.4 Å². The highest BCUT2D eigenvalue weighted by molar-refractivity contribution is 6.00. The van der Waals surface area contributed by atoms with Gasteiger partial charge in [-0.2, -0.15) is 0 Å². The average molecular weight is 389 g/mol. The van der Waals surface area contributed by atoms with Crippen molar-refractivity contribution >= 4 is 23.3 Å². The zero-order valence-electron chi connectivity index (χ0n) is 16.4. The van der Waals surface area contributed by atoms with E-state index >= 15 is 0 Å². The number of ether oxygens (including phenoxy) is 1. The number of carbonyl (C=O) groups is 2. The highest BCUT2D eigenvalue weighted by Gasteiger charge is 2.12. The smallest absolute Gasteiger partial charge is 0.323 e.